The summed E-state index contributed by atoms with van der Waals surface area (Å²) < 4.78 is 9.81. The minimum absolute atomic E-state index is 0.0853. The fraction of sp³-hybridized carbons (Fsp3) is 0.294. The zero-order chi connectivity index (χ0) is 17.2. The number of hydrogen-bond donors (Lipinski definition) is 2. The number of nitrogens with one attached hydrogen (secondary N) is 2. The molecule has 0 saturated carbocycles. The molecule has 7 heteroatoms. The number of aromatic amines is 1. The van der Waals surface area contributed by atoms with Crippen molar-refractivity contribution in [3.8, 4) is 0 Å². The predicted octanol–water partition coefficient (Wildman–Crippen LogP) is 1.60. The molecule has 0 spiro atoms. The van der Waals surface area contributed by atoms with E-state index in [4.69, 9.17) is 14.3 Å². The summed E-state index contributed by atoms with van der Waals surface area (Å²) in [6.45, 7) is 1.93. The Hall–Kier alpha value is -2.80. The van der Waals surface area contributed by atoms with E-state index in [1.807, 2.05) is 30.5 Å². The minimum atomic E-state index is -1.43. The lowest BCUT2D eigenvalue weighted by molar-refractivity contribution is -0.167. The number of fused-ring (bicyclic) bond motifs is 1. The predicted molar refractivity (Wildman–Crippen MR) is 85.7 cm³/mol. The van der Waals surface area contributed by atoms with Crippen molar-refractivity contribution in [2.45, 2.75) is 18.9 Å². The zero-order valence-corrected chi connectivity index (χ0v) is 13.4. The number of esters is 2. The van der Waals surface area contributed by atoms with Crippen LogP contribution in [0.3, 0.4) is 0 Å². The largest absolute Gasteiger partial charge is 0.467 e. The van der Waals surface area contributed by atoms with E-state index >= 15 is 0 Å². The maximum Gasteiger partial charge on any atom is 0.356 e. The Morgan fingerprint density at radius 3 is 2.83 bits per heavy atom. The molecule has 0 bridgehead atoms. The first-order valence-electron chi connectivity index (χ1n) is 7.57. The first kappa shape index (κ1) is 16.1. The molecule has 126 valence electrons. The van der Waals surface area contributed by atoms with Gasteiger partial charge in [-0.2, -0.15) is 0 Å². The second-order valence-corrected chi connectivity index (χ2v) is 5.40. The molecule has 0 fully saturated rings. The standard InChI is InChI=1S/C17H18N2O5/c1-3-23-15(20)14-9-17(24-19-14,16(21)22-2)8-11-10-18-13-7-5-4-6-12(11)13/h4-7,9-10,18-19H,3,8H2,1-2H3. The summed E-state index contributed by atoms with van der Waals surface area (Å²) in [4.78, 5) is 32.8. The molecule has 2 N–H and O–H groups in total. The number of hydrogen-bond acceptors (Lipinski definition) is 6. The summed E-state index contributed by atoms with van der Waals surface area (Å²) >= 11 is 0. The van der Waals surface area contributed by atoms with Crippen molar-refractivity contribution in [1.29, 1.82) is 0 Å². The summed E-state index contributed by atoms with van der Waals surface area (Å²) in [5.41, 5.74) is 2.97. The van der Waals surface area contributed by atoms with E-state index in [2.05, 4.69) is 10.5 Å². The summed E-state index contributed by atoms with van der Waals surface area (Å²) in [6, 6.07) is 7.73. The van der Waals surface area contributed by atoms with Gasteiger partial charge in [-0.05, 0) is 24.6 Å². The van der Waals surface area contributed by atoms with Gasteiger partial charge in [0.2, 0.25) is 5.60 Å². The second kappa shape index (κ2) is 6.37. The molecule has 2 heterocycles. The molecule has 0 amide bonds. The van der Waals surface area contributed by atoms with E-state index in [1.54, 1.807) is 6.92 Å². The van der Waals surface area contributed by atoms with Crippen LogP contribution in [0.15, 0.2) is 42.2 Å². The number of methoxy groups -OCH3 is 1. The molecule has 1 aromatic carbocycles. The topological polar surface area (TPSA) is 89.7 Å². The highest BCUT2D eigenvalue weighted by Gasteiger charge is 2.46. The second-order valence-electron chi connectivity index (χ2n) is 5.40. The average molecular weight is 330 g/mol. The van der Waals surface area contributed by atoms with Crippen LogP contribution in [0.5, 0.6) is 0 Å². The fourth-order valence-corrected chi connectivity index (χ4v) is 2.74. The van der Waals surface area contributed by atoms with Crippen molar-refractivity contribution in [3.05, 3.63) is 47.8 Å². The molecule has 1 aromatic heterocycles. The van der Waals surface area contributed by atoms with Crippen LogP contribution in [0, 0.1) is 0 Å². The third-order valence-electron chi connectivity index (χ3n) is 3.87. The van der Waals surface area contributed by atoms with Crippen LogP contribution >= 0.6 is 0 Å². The van der Waals surface area contributed by atoms with Crippen LogP contribution in [-0.4, -0.2) is 36.2 Å². The molecule has 0 radical (unpaired) electrons. The maximum atomic E-state index is 12.3. The molecule has 0 aliphatic carbocycles. The number of carbonyl (C=O) groups excluding carboxylic acids is 2. The van der Waals surface area contributed by atoms with E-state index < -0.39 is 17.5 Å². The van der Waals surface area contributed by atoms with Gasteiger partial charge in [-0.1, -0.05) is 18.2 Å². The van der Waals surface area contributed by atoms with E-state index in [9.17, 15) is 9.59 Å². The van der Waals surface area contributed by atoms with E-state index in [0.29, 0.717) is 0 Å². The van der Waals surface area contributed by atoms with Gasteiger partial charge in [-0.15, -0.1) is 0 Å². The van der Waals surface area contributed by atoms with Crippen molar-refractivity contribution in [1.82, 2.24) is 10.5 Å². The molecular formula is C17H18N2O5. The first-order chi connectivity index (χ1) is 11.6. The van der Waals surface area contributed by atoms with Gasteiger partial charge in [0.25, 0.3) is 0 Å². The number of benzene rings is 1. The zero-order valence-electron chi connectivity index (χ0n) is 13.4. The molecule has 1 aliphatic rings. The molecule has 1 atom stereocenters. The smallest absolute Gasteiger partial charge is 0.356 e. The Labute approximate surface area is 138 Å². The highest BCUT2D eigenvalue weighted by molar-refractivity contribution is 5.93. The molecule has 3 rings (SSSR count). The van der Waals surface area contributed by atoms with Crippen LogP contribution in [0.1, 0.15) is 12.5 Å². The lowest BCUT2D eigenvalue weighted by Crippen LogP contribution is -2.42. The molecule has 1 unspecified atom stereocenters. The Morgan fingerprint density at radius 2 is 2.08 bits per heavy atom. The van der Waals surface area contributed by atoms with Crippen LogP contribution < -0.4 is 5.48 Å². The van der Waals surface area contributed by atoms with Crippen molar-refractivity contribution < 1.29 is 23.9 Å². The van der Waals surface area contributed by atoms with Crippen molar-refractivity contribution in [3.63, 3.8) is 0 Å². The van der Waals surface area contributed by atoms with E-state index in [0.717, 1.165) is 16.5 Å². The molecular weight excluding hydrogens is 312 g/mol. The summed E-state index contributed by atoms with van der Waals surface area (Å²) in [5.74, 6) is -1.18. The van der Waals surface area contributed by atoms with Gasteiger partial charge < -0.3 is 14.5 Å². The van der Waals surface area contributed by atoms with Gasteiger partial charge in [0.15, 0.2) is 0 Å². The first-order valence-corrected chi connectivity index (χ1v) is 7.57. The minimum Gasteiger partial charge on any atom is -0.467 e. The monoisotopic (exact) mass is 330 g/mol. The third kappa shape index (κ3) is 2.74. The quantitative estimate of drug-likeness (QED) is 0.810. The highest BCUT2D eigenvalue weighted by atomic mass is 16.7. The number of ether oxygens (including phenoxy) is 2. The number of aromatic nitrogens is 1. The maximum absolute atomic E-state index is 12.3. The van der Waals surface area contributed by atoms with Gasteiger partial charge in [0, 0.05) is 23.5 Å². The fourth-order valence-electron chi connectivity index (χ4n) is 2.74. The van der Waals surface area contributed by atoms with Crippen LogP contribution in [0.2, 0.25) is 0 Å². The normalized spacial score (nSPS) is 19.7. The van der Waals surface area contributed by atoms with Crippen molar-refractivity contribution in [2.75, 3.05) is 13.7 Å². The Morgan fingerprint density at radius 1 is 1.29 bits per heavy atom. The molecule has 1 aliphatic heterocycles. The number of carbonyl (C=O) groups is 2. The summed E-state index contributed by atoms with van der Waals surface area (Å²) in [6.07, 6.45) is 3.44. The Bertz CT molecular complexity index is 810. The number of H-pyrrole nitrogens is 1. The van der Waals surface area contributed by atoms with Gasteiger partial charge in [-0.3, -0.25) is 10.3 Å². The number of para-hydroxylation sites is 1. The van der Waals surface area contributed by atoms with Gasteiger partial charge in [-0.25, -0.2) is 9.59 Å². The van der Waals surface area contributed by atoms with Crippen LogP contribution in [-0.2, 0) is 30.3 Å². The Kier molecular flexibility index (Phi) is 4.26. The third-order valence-corrected chi connectivity index (χ3v) is 3.87. The molecule has 24 heavy (non-hydrogen) atoms. The molecule has 0 saturated heterocycles. The SMILES string of the molecule is CCOC(=O)C1=CC(Cc2c[nH]c3ccccc23)(C(=O)OC)ON1. The van der Waals surface area contributed by atoms with Crippen LogP contribution in [0.4, 0.5) is 0 Å². The molecule has 7 nitrogen and oxygen atoms in total. The summed E-state index contributed by atoms with van der Waals surface area (Å²) in [5, 5.41) is 0.974. The van der Waals surface area contributed by atoms with Gasteiger partial charge in [0.05, 0.1) is 13.7 Å². The number of hydroxylamine groups is 1. The average Bonchev–Trinajstić information content (AvgIpc) is 3.21. The lowest BCUT2D eigenvalue weighted by Gasteiger charge is -2.22. The molecule has 2 aromatic rings. The van der Waals surface area contributed by atoms with Gasteiger partial charge >= 0.3 is 11.9 Å². The lowest BCUT2D eigenvalue weighted by atomic mass is 9.93. The number of rotatable bonds is 5. The van der Waals surface area contributed by atoms with Crippen molar-refractivity contribution >= 4 is 22.8 Å². The Balaban J connectivity index is 1.96. The van der Waals surface area contributed by atoms with E-state index in [-0.39, 0.29) is 18.7 Å². The van der Waals surface area contributed by atoms with Crippen molar-refractivity contribution in [2.24, 2.45) is 0 Å². The van der Waals surface area contributed by atoms with Crippen LogP contribution in [0.25, 0.3) is 10.9 Å². The van der Waals surface area contributed by atoms with Gasteiger partial charge in [0.1, 0.15) is 5.70 Å². The highest BCUT2D eigenvalue weighted by Crippen LogP contribution is 2.30. The van der Waals surface area contributed by atoms with E-state index in [1.165, 1.54) is 13.2 Å². The summed E-state index contributed by atoms with van der Waals surface area (Å²) in [7, 11) is 1.28.